The Labute approximate surface area is 120 Å². The standard InChI is InChI=1S/C17H23N3/c18-12-16(14-7-2-1-3-8-14)20-17-15-9-5-4-6-13(15)10-11-19-17/h4-6,9-11,14,16H,1-3,7-8,12,18H2,(H,19,20). The molecule has 1 aliphatic carbocycles. The van der Waals surface area contributed by atoms with Crippen LogP contribution in [0.15, 0.2) is 36.5 Å². The van der Waals surface area contributed by atoms with E-state index in [2.05, 4.69) is 40.6 Å². The summed E-state index contributed by atoms with van der Waals surface area (Å²) in [5.41, 5.74) is 6.01. The lowest BCUT2D eigenvalue weighted by Crippen LogP contribution is -2.37. The fourth-order valence-corrected chi connectivity index (χ4v) is 3.32. The lowest BCUT2D eigenvalue weighted by Gasteiger charge is -2.30. The molecule has 0 saturated heterocycles. The first-order valence-electron chi connectivity index (χ1n) is 7.69. The lowest BCUT2D eigenvalue weighted by molar-refractivity contribution is 0.320. The zero-order valence-electron chi connectivity index (χ0n) is 11.9. The van der Waals surface area contributed by atoms with Gasteiger partial charge in [0.1, 0.15) is 5.82 Å². The molecule has 1 aromatic heterocycles. The van der Waals surface area contributed by atoms with Crippen LogP contribution < -0.4 is 11.1 Å². The molecule has 0 bridgehead atoms. The van der Waals surface area contributed by atoms with E-state index in [1.165, 1.54) is 42.9 Å². The van der Waals surface area contributed by atoms with Crippen molar-refractivity contribution in [3.8, 4) is 0 Å². The molecule has 1 unspecified atom stereocenters. The maximum atomic E-state index is 6.01. The van der Waals surface area contributed by atoms with Crippen LogP contribution in [0.5, 0.6) is 0 Å². The third kappa shape index (κ3) is 2.78. The number of aromatic nitrogens is 1. The molecule has 1 heterocycles. The summed E-state index contributed by atoms with van der Waals surface area (Å²) in [6, 6.07) is 10.8. The molecule has 0 radical (unpaired) electrons. The number of hydrogen-bond donors (Lipinski definition) is 2. The van der Waals surface area contributed by atoms with E-state index in [1.807, 2.05) is 6.20 Å². The lowest BCUT2D eigenvalue weighted by atomic mass is 9.84. The van der Waals surface area contributed by atoms with Crippen molar-refractivity contribution in [1.29, 1.82) is 0 Å². The van der Waals surface area contributed by atoms with Crippen molar-refractivity contribution >= 4 is 16.6 Å². The number of nitrogens with two attached hydrogens (primary N) is 1. The Morgan fingerprint density at radius 3 is 2.75 bits per heavy atom. The monoisotopic (exact) mass is 269 g/mol. The van der Waals surface area contributed by atoms with Gasteiger partial charge in [-0.25, -0.2) is 4.98 Å². The Hall–Kier alpha value is -1.61. The quantitative estimate of drug-likeness (QED) is 0.892. The number of nitrogens with one attached hydrogen (secondary N) is 1. The summed E-state index contributed by atoms with van der Waals surface area (Å²) in [6.07, 6.45) is 8.51. The maximum Gasteiger partial charge on any atom is 0.134 e. The SMILES string of the molecule is NCC(Nc1nccc2ccccc12)C1CCCCC1. The molecule has 3 rings (SSSR count). The second-order valence-electron chi connectivity index (χ2n) is 5.77. The van der Waals surface area contributed by atoms with Crippen LogP contribution in [0.1, 0.15) is 32.1 Å². The Kier molecular flexibility index (Phi) is 4.16. The largest absolute Gasteiger partial charge is 0.365 e. The Bertz CT molecular complexity index is 556. The molecule has 0 spiro atoms. The first-order valence-corrected chi connectivity index (χ1v) is 7.69. The fraction of sp³-hybridized carbons (Fsp3) is 0.471. The molecule has 1 saturated carbocycles. The summed E-state index contributed by atoms with van der Waals surface area (Å²) in [5, 5.41) is 6.02. The summed E-state index contributed by atoms with van der Waals surface area (Å²) in [5.74, 6) is 1.67. The smallest absolute Gasteiger partial charge is 0.134 e. The Balaban J connectivity index is 1.83. The number of benzene rings is 1. The summed E-state index contributed by atoms with van der Waals surface area (Å²) in [4.78, 5) is 4.52. The van der Waals surface area contributed by atoms with Gasteiger partial charge in [-0.2, -0.15) is 0 Å². The van der Waals surface area contributed by atoms with Gasteiger partial charge in [0, 0.05) is 24.2 Å². The van der Waals surface area contributed by atoms with E-state index in [4.69, 9.17) is 5.73 Å². The van der Waals surface area contributed by atoms with E-state index in [1.54, 1.807) is 0 Å². The van der Waals surface area contributed by atoms with Crippen LogP contribution in [0.25, 0.3) is 10.8 Å². The van der Waals surface area contributed by atoms with Crippen LogP contribution in [0.4, 0.5) is 5.82 Å². The second kappa shape index (κ2) is 6.23. The number of hydrogen-bond acceptors (Lipinski definition) is 3. The topological polar surface area (TPSA) is 50.9 Å². The van der Waals surface area contributed by atoms with Gasteiger partial charge in [0.05, 0.1) is 0 Å². The molecule has 1 aliphatic rings. The first-order chi connectivity index (χ1) is 9.88. The first kappa shape index (κ1) is 13.4. The predicted molar refractivity (Wildman–Crippen MR) is 84.8 cm³/mol. The highest BCUT2D eigenvalue weighted by Crippen LogP contribution is 2.29. The van der Waals surface area contributed by atoms with E-state index in [9.17, 15) is 0 Å². The van der Waals surface area contributed by atoms with Gasteiger partial charge in [0.25, 0.3) is 0 Å². The number of anilines is 1. The number of pyridine rings is 1. The van der Waals surface area contributed by atoms with Crippen molar-refractivity contribution in [2.45, 2.75) is 38.1 Å². The van der Waals surface area contributed by atoms with Crippen LogP contribution in [0.2, 0.25) is 0 Å². The van der Waals surface area contributed by atoms with Crippen molar-refractivity contribution in [2.24, 2.45) is 11.7 Å². The molecule has 106 valence electrons. The van der Waals surface area contributed by atoms with Crippen LogP contribution in [-0.2, 0) is 0 Å². The van der Waals surface area contributed by atoms with E-state index < -0.39 is 0 Å². The normalized spacial score (nSPS) is 18.1. The van der Waals surface area contributed by atoms with E-state index >= 15 is 0 Å². The van der Waals surface area contributed by atoms with Crippen LogP contribution in [0, 0.1) is 5.92 Å². The van der Waals surface area contributed by atoms with Gasteiger partial charge >= 0.3 is 0 Å². The zero-order valence-corrected chi connectivity index (χ0v) is 11.9. The minimum absolute atomic E-state index is 0.341. The van der Waals surface area contributed by atoms with Crippen LogP contribution in [-0.4, -0.2) is 17.6 Å². The van der Waals surface area contributed by atoms with Crippen LogP contribution >= 0.6 is 0 Å². The molecule has 20 heavy (non-hydrogen) atoms. The highest BCUT2D eigenvalue weighted by atomic mass is 15.0. The minimum atomic E-state index is 0.341. The molecule has 0 amide bonds. The summed E-state index contributed by atoms with van der Waals surface area (Å²) in [7, 11) is 0. The van der Waals surface area contributed by atoms with Crippen molar-refractivity contribution in [1.82, 2.24) is 4.98 Å². The third-order valence-electron chi connectivity index (χ3n) is 4.47. The molecule has 2 aromatic rings. The van der Waals surface area contributed by atoms with Gasteiger partial charge in [0.15, 0.2) is 0 Å². The van der Waals surface area contributed by atoms with Crippen molar-refractivity contribution < 1.29 is 0 Å². The summed E-state index contributed by atoms with van der Waals surface area (Å²) >= 11 is 0. The Morgan fingerprint density at radius 1 is 1.15 bits per heavy atom. The average Bonchev–Trinajstić information content (AvgIpc) is 2.53. The molecule has 3 nitrogen and oxygen atoms in total. The van der Waals surface area contributed by atoms with E-state index in [-0.39, 0.29) is 0 Å². The number of rotatable bonds is 4. The second-order valence-corrected chi connectivity index (χ2v) is 5.77. The van der Waals surface area contributed by atoms with Crippen molar-refractivity contribution in [3.63, 3.8) is 0 Å². The molecular formula is C17H23N3. The van der Waals surface area contributed by atoms with Gasteiger partial charge < -0.3 is 11.1 Å². The minimum Gasteiger partial charge on any atom is -0.365 e. The molecule has 1 aromatic carbocycles. The molecule has 1 fully saturated rings. The zero-order chi connectivity index (χ0) is 13.8. The molecule has 1 atom stereocenters. The average molecular weight is 269 g/mol. The summed E-state index contributed by atoms with van der Waals surface area (Å²) < 4.78 is 0. The molecule has 3 heteroatoms. The van der Waals surface area contributed by atoms with Crippen LogP contribution in [0.3, 0.4) is 0 Å². The molecule has 3 N–H and O–H groups in total. The fourth-order valence-electron chi connectivity index (χ4n) is 3.32. The van der Waals surface area contributed by atoms with Gasteiger partial charge in [0.2, 0.25) is 0 Å². The van der Waals surface area contributed by atoms with E-state index in [0.717, 1.165) is 5.82 Å². The number of fused-ring (bicyclic) bond motifs is 1. The highest BCUT2D eigenvalue weighted by Gasteiger charge is 2.23. The Morgan fingerprint density at radius 2 is 1.95 bits per heavy atom. The molecular weight excluding hydrogens is 246 g/mol. The molecule has 0 aliphatic heterocycles. The maximum absolute atomic E-state index is 6.01. The van der Waals surface area contributed by atoms with Crippen molar-refractivity contribution in [2.75, 3.05) is 11.9 Å². The van der Waals surface area contributed by atoms with Gasteiger partial charge in [-0.1, -0.05) is 43.5 Å². The van der Waals surface area contributed by atoms with E-state index in [0.29, 0.717) is 18.5 Å². The van der Waals surface area contributed by atoms with Gasteiger partial charge in [-0.05, 0) is 30.2 Å². The summed E-state index contributed by atoms with van der Waals surface area (Å²) in [6.45, 7) is 0.676. The predicted octanol–water partition coefficient (Wildman–Crippen LogP) is 3.55. The van der Waals surface area contributed by atoms with Crippen molar-refractivity contribution in [3.05, 3.63) is 36.5 Å². The van der Waals surface area contributed by atoms with Gasteiger partial charge in [-0.15, -0.1) is 0 Å². The number of nitrogens with zero attached hydrogens (tertiary/aromatic N) is 1. The van der Waals surface area contributed by atoms with Gasteiger partial charge in [-0.3, -0.25) is 0 Å². The third-order valence-corrected chi connectivity index (χ3v) is 4.47. The highest BCUT2D eigenvalue weighted by molar-refractivity contribution is 5.91.